The molecule has 2 atom stereocenters. The lowest BCUT2D eigenvalue weighted by atomic mass is 10.1. The molecule has 0 bridgehead atoms. The van der Waals surface area contributed by atoms with E-state index in [0.717, 1.165) is 38.0 Å². The summed E-state index contributed by atoms with van der Waals surface area (Å²) in [5, 5.41) is 5.02. The summed E-state index contributed by atoms with van der Waals surface area (Å²) in [6.45, 7) is 4.02. The summed E-state index contributed by atoms with van der Waals surface area (Å²) in [5.74, 6) is 0.0504. The Morgan fingerprint density at radius 1 is 1.24 bits per heavy atom. The lowest BCUT2D eigenvalue weighted by molar-refractivity contribution is -0.181. The van der Waals surface area contributed by atoms with Gasteiger partial charge in [0.2, 0.25) is 5.91 Å². The van der Waals surface area contributed by atoms with Gasteiger partial charge in [-0.05, 0) is 24.8 Å². The summed E-state index contributed by atoms with van der Waals surface area (Å²) in [6, 6.07) is 10.1. The second kappa shape index (κ2) is 9.87. The van der Waals surface area contributed by atoms with E-state index in [2.05, 4.69) is 5.32 Å². The maximum atomic E-state index is 12.3. The number of carbonyl (C=O) groups is 1. The summed E-state index contributed by atoms with van der Waals surface area (Å²) in [4.78, 5) is 17.8. The van der Waals surface area contributed by atoms with Crippen LogP contribution in [0.4, 0.5) is 0 Å². The number of benzene rings is 1. The minimum atomic E-state index is -0.107. The molecule has 138 valence electrons. The first kappa shape index (κ1) is 18.3. The van der Waals surface area contributed by atoms with Gasteiger partial charge in [-0.2, -0.15) is 5.06 Å². The Bertz CT molecular complexity index is 519. The minimum Gasteiger partial charge on any atom is -0.379 e. The van der Waals surface area contributed by atoms with Crippen LogP contribution in [0.25, 0.3) is 0 Å². The number of carbonyl (C=O) groups excluding carboxylic acids is 1. The van der Waals surface area contributed by atoms with Crippen LogP contribution in [-0.2, 0) is 25.7 Å². The molecule has 6 heteroatoms. The molecule has 0 aliphatic carbocycles. The fourth-order valence-electron chi connectivity index (χ4n) is 3.15. The normalized spacial score (nSPS) is 24.8. The molecule has 3 rings (SSSR count). The third kappa shape index (κ3) is 6.08. The van der Waals surface area contributed by atoms with Crippen LogP contribution >= 0.6 is 0 Å². The number of nitrogens with one attached hydrogen (secondary N) is 1. The molecule has 0 radical (unpaired) electrons. The van der Waals surface area contributed by atoms with Crippen LogP contribution in [-0.4, -0.2) is 56.0 Å². The van der Waals surface area contributed by atoms with Crippen molar-refractivity contribution in [1.82, 2.24) is 10.4 Å². The molecule has 1 N–H and O–H groups in total. The summed E-state index contributed by atoms with van der Waals surface area (Å²) in [6.07, 6.45) is 3.36. The second-order valence-electron chi connectivity index (χ2n) is 6.59. The second-order valence-corrected chi connectivity index (χ2v) is 6.59. The van der Waals surface area contributed by atoms with Gasteiger partial charge in [0.05, 0.1) is 25.9 Å². The Kier molecular flexibility index (Phi) is 7.23. The van der Waals surface area contributed by atoms with Crippen molar-refractivity contribution in [3.8, 4) is 0 Å². The van der Waals surface area contributed by atoms with Gasteiger partial charge in [-0.1, -0.05) is 30.3 Å². The number of rotatable bonds is 7. The highest BCUT2D eigenvalue weighted by Crippen LogP contribution is 2.14. The first-order chi connectivity index (χ1) is 12.3. The minimum absolute atomic E-state index is 0.00670. The highest BCUT2D eigenvalue weighted by Gasteiger charge is 2.28. The van der Waals surface area contributed by atoms with E-state index in [0.29, 0.717) is 32.8 Å². The van der Waals surface area contributed by atoms with Crippen LogP contribution in [0.2, 0.25) is 0 Å². The third-order valence-corrected chi connectivity index (χ3v) is 4.62. The van der Waals surface area contributed by atoms with E-state index in [1.54, 1.807) is 0 Å². The van der Waals surface area contributed by atoms with Crippen molar-refractivity contribution in [2.24, 2.45) is 0 Å². The molecule has 0 saturated carbocycles. The van der Waals surface area contributed by atoms with Gasteiger partial charge < -0.3 is 14.8 Å². The van der Waals surface area contributed by atoms with Crippen molar-refractivity contribution in [1.29, 1.82) is 0 Å². The molecular formula is C19H28N2O4. The number of ether oxygens (including phenoxy) is 2. The van der Waals surface area contributed by atoms with E-state index in [9.17, 15) is 4.79 Å². The number of hydrogen-bond donors (Lipinski definition) is 1. The Balaban J connectivity index is 1.42. The van der Waals surface area contributed by atoms with Crippen molar-refractivity contribution in [2.45, 2.75) is 44.4 Å². The fraction of sp³-hybridized carbons (Fsp3) is 0.632. The van der Waals surface area contributed by atoms with Gasteiger partial charge in [-0.3, -0.25) is 9.63 Å². The van der Waals surface area contributed by atoms with Gasteiger partial charge in [-0.25, -0.2) is 0 Å². The SMILES string of the molecule is O=C(CCN1CCCCO1)N[C@@H]1CCOC[C@H]1OCc1ccccc1. The molecule has 1 aromatic carbocycles. The molecule has 0 spiro atoms. The maximum Gasteiger partial charge on any atom is 0.221 e. The van der Waals surface area contributed by atoms with Crippen LogP contribution in [0.5, 0.6) is 0 Å². The van der Waals surface area contributed by atoms with Crippen LogP contribution in [0.3, 0.4) is 0 Å². The van der Waals surface area contributed by atoms with Crippen molar-refractivity contribution >= 4 is 5.91 Å². The van der Waals surface area contributed by atoms with E-state index in [4.69, 9.17) is 14.3 Å². The molecule has 2 saturated heterocycles. The van der Waals surface area contributed by atoms with Crippen molar-refractivity contribution in [2.75, 3.05) is 32.9 Å². The number of amides is 1. The Morgan fingerprint density at radius 2 is 2.12 bits per heavy atom. The molecule has 2 aliphatic rings. The lowest BCUT2D eigenvalue weighted by Gasteiger charge is -2.32. The van der Waals surface area contributed by atoms with Crippen LogP contribution in [0, 0.1) is 0 Å². The standard InChI is InChI=1S/C19H28N2O4/c22-19(8-11-21-10-4-5-12-25-21)20-17-9-13-23-15-18(17)24-14-16-6-2-1-3-7-16/h1-3,6-7,17-18H,4-5,8-15H2,(H,20,22)/t17-,18-/m1/s1. The monoisotopic (exact) mass is 348 g/mol. The van der Waals surface area contributed by atoms with E-state index in [1.807, 2.05) is 35.4 Å². The molecule has 6 nitrogen and oxygen atoms in total. The van der Waals surface area contributed by atoms with Crippen molar-refractivity contribution in [3.05, 3.63) is 35.9 Å². The Labute approximate surface area is 149 Å². The molecule has 1 aromatic rings. The fourth-order valence-corrected chi connectivity index (χ4v) is 3.15. The third-order valence-electron chi connectivity index (χ3n) is 4.62. The van der Waals surface area contributed by atoms with Gasteiger partial charge >= 0.3 is 0 Å². The van der Waals surface area contributed by atoms with E-state index in [-0.39, 0.29) is 18.1 Å². The molecule has 2 aliphatic heterocycles. The van der Waals surface area contributed by atoms with E-state index < -0.39 is 0 Å². The molecule has 0 unspecified atom stereocenters. The summed E-state index contributed by atoms with van der Waals surface area (Å²) < 4.78 is 11.5. The largest absolute Gasteiger partial charge is 0.379 e. The van der Waals surface area contributed by atoms with Gasteiger partial charge in [0.1, 0.15) is 6.10 Å². The maximum absolute atomic E-state index is 12.3. The van der Waals surface area contributed by atoms with Gasteiger partial charge in [0, 0.05) is 26.1 Å². The average Bonchev–Trinajstić information content (AvgIpc) is 2.67. The van der Waals surface area contributed by atoms with Crippen LogP contribution in [0.1, 0.15) is 31.2 Å². The van der Waals surface area contributed by atoms with Crippen LogP contribution in [0.15, 0.2) is 30.3 Å². The first-order valence-electron chi connectivity index (χ1n) is 9.22. The zero-order valence-corrected chi connectivity index (χ0v) is 14.7. The quantitative estimate of drug-likeness (QED) is 0.815. The van der Waals surface area contributed by atoms with Crippen molar-refractivity contribution < 1.29 is 19.1 Å². The van der Waals surface area contributed by atoms with E-state index in [1.165, 1.54) is 0 Å². The van der Waals surface area contributed by atoms with Gasteiger partial charge in [-0.15, -0.1) is 0 Å². The predicted molar refractivity (Wildman–Crippen MR) is 93.8 cm³/mol. The molecule has 2 heterocycles. The Hall–Kier alpha value is -1.47. The molecule has 1 amide bonds. The van der Waals surface area contributed by atoms with Gasteiger partial charge in [0.25, 0.3) is 0 Å². The van der Waals surface area contributed by atoms with E-state index >= 15 is 0 Å². The summed E-state index contributed by atoms with van der Waals surface area (Å²) >= 11 is 0. The predicted octanol–water partition coefficient (Wildman–Crippen LogP) is 1.89. The molecule has 0 aromatic heterocycles. The lowest BCUT2D eigenvalue weighted by Crippen LogP contribution is -2.50. The topological polar surface area (TPSA) is 60.0 Å². The zero-order valence-electron chi connectivity index (χ0n) is 14.7. The smallest absolute Gasteiger partial charge is 0.221 e. The Morgan fingerprint density at radius 3 is 2.92 bits per heavy atom. The average molecular weight is 348 g/mol. The number of hydroxylamine groups is 2. The van der Waals surface area contributed by atoms with Crippen molar-refractivity contribution in [3.63, 3.8) is 0 Å². The number of hydrogen-bond acceptors (Lipinski definition) is 5. The molecule has 2 fully saturated rings. The number of nitrogens with zero attached hydrogens (tertiary/aromatic N) is 1. The van der Waals surface area contributed by atoms with Crippen LogP contribution < -0.4 is 5.32 Å². The zero-order chi connectivity index (χ0) is 17.3. The van der Waals surface area contributed by atoms with Gasteiger partial charge in [0.15, 0.2) is 0 Å². The highest BCUT2D eigenvalue weighted by molar-refractivity contribution is 5.76. The highest BCUT2D eigenvalue weighted by atomic mass is 16.7. The summed E-state index contributed by atoms with van der Waals surface area (Å²) in [5.41, 5.74) is 1.13. The molecule has 25 heavy (non-hydrogen) atoms. The summed E-state index contributed by atoms with van der Waals surface area (Å²) in [7, 11) is 0. The molecular weight excluding hydrogens is 320 g/mol. The first-order valence-corrected chi connectivity index (χ1v) is 9.22.